The fourth-order valence-corrected chi connectivity index (χ4v) is 3.01. The summed E-state index contributed by atoms with van der Waals surface area (Å²) in [5.41, 5.74) is 0. The number of amides is 2. The van der Waals surface area contributed by atoms with E-state index in [0.717, 1.165) is 12.8 Å². The monoisotopic (exact) mass is 238 g/mol. The Balaban J connectivity index is 1.97. The van der Waals surface area contributed by atoms with Gasteiger partial charge in [0.1, 0.15) is 0 Å². The van der Waals surface area contributed by atoms with Crippen LogP contribution in [0.15, 0.2) is 0 Å². The highest BCUT2D eigenvalue weighted by molar-refractivity contribution is 5.89. The molecule has 2 amide bonds. The van der Waals surface area contributed by atoms with E-state index in [-0.39, 0.29) is 17.7 Å². The summed E-state index contributed by atoms with van der Waals surface area (Å²) in [6.07, 6.45) is 6.39. The Bertz CT molecular complexity index is 309. The Morgan fingerprint density at radius 2 is 1.88 bits per heavy atom. The molecular weight excluding hydrogens is 216 g/mol. The molecule has 0 aromatic heterocycles. The Morgan fingerprint density at radius 1 is 1.24 bits per heavy atom. The standard InChI is InChI=1S/C13H22N2O2/c1-14(2)13(17)10-8-12(16)15(9-10)11-6-4-3-5-7-11/h10-11H,3-9H2,1-2H3. The highest BCUT2D eigenvalue weighted by Crippen LogP contribution is 2.29. The van der Waals surface area contributed by atoms with Gasteiger partial charge in [-0.15, -0.1) is 0 Å². The Kier molecular flexibility index (Phi) is 3.69. The van der Waals surface area contributed by atoms with Crippen molar-refractivity contribution in [1.82, 2.24) is 9.80 Å². The molecule has 1 unspecified atom stereocenters. The molecule has 0 N–H and O–H groups in total. The van der Waals surface area contributed by atoms with E-state index >= 15 is 0 Å². The average Bonchev–Trinajstić information content (AvgIpc) is 2.71. The number of rotatable bonds is 2. The van der Waals surface area contributed by atoms with Crippen LogP contribution in [0, 0.1) is 5.92 Å². The molecular formula is C13H22N2O2. The number of hydrogen-bond donors (Lipinski definition) is 0. The van der Waals surface area contributed by atoms with Crippen molar-refractivity contribution in [3.63, 3.8) is 0 Å². The van der Waals surface area contributed by atoms with Gasteiger partial charge in [0, 0.05) is 33.1 Å². The quantitative estimate of drug-likeness (QED) is 0.726. The van der Waals surface area contributed by atoms with Crippen molar-refractivity contribution < 1.29 is 9.59 Å². The summed E-state index contributed by atoms with van der Waals surface area (Å²) in [5, 5.41) is 0. The van der Waals surface area contributed by atoms with Gasteiger partial charge in [0.2, 0.25) is 11.8 Å². The second-order valence-electron chi connectivity index (χ2n) is 5.47. The zero-order chi connectivity index (χ0) is 12.4. The Morgan fingerprint density at radius 3 is 2.47 bits per heavy atom. The Labute approximate surface area is 103 Å². The molecule has 1 saturated carbocycles. The summed E-state index contributed by atoms with van der Waals surface area (Å²) in [7, 11) is 3.52. The SMILES string of the molecule is CN(C)C(=O)C1CC(=O)N(C2CCCCC2)C1. The molecule has 1 atom stereocenters. The molecule has 0 radical (unpaired) electrons. The van der Waals surface area contributed by atoms with Gasteiger partial charge in [-0.2, -0.15) is 0 Å². The van der Waals surface area contributed by atoms with Gasteiger partial charge in [-0.25, -0.2) is 0 Å². The largest absolute Gasteiger partial charge is 0.349 e. The summed E-state index contributed by atoms with van der Waals surface area (Å²) in [6.45, 7) is 0.639. The van der Waals surface area contributed by atoms with Crippen molar-refractivity contribution in [3.8, 4) is 0 Å². The van der Waals surface area contributed by atoms with Gasteiger partial charge in [0.25, 0.3) is 0 Å². The van der Waals surface area contributed by atoms with Crippen molar-refractivity contribution in [1.29, 1.82) is 0 Å². The highest BCUT2D eigenvalue weighted by Gasteiger charge is 2.38. The normalized spacial score (nSPS) is 26.4. The van der Waals surface area contributed by atoms with Gasteiger partial charge >= 0.3 is 0 Å². The number of carbonyl (C=O) groups is 2. The second-order valence-corrected chi connectivity index (χ2v) is 5.47. The van der Waals surface area contributed by atoms with Gasteiger partial charge in [-0.05, 0) is 12.8 Å². The van der Waals surface area contributed by atoms with E-state index in [1.807, 2.05) is 4.90 Å². The molecule has 0 spiro atoms. The molecule has 4 nitrogen and oxygen atoms in total. The summed E-state index contributed by atoms with van der Waals surface area (Å²) in [6, 6.07) is 0.399. The van der Waals surface area contributed by atoms with Gasteiger partial charge < -0.3 is 9.80 Å². The van der Waals surface area contributed by atoms with E-state index in [2.05, 4.69) is 0 Å². The molecule has 2 fully saturated rings. The van der Waals surface area contributed by atoms with E-state index in [9.17, 15) is 9.59 Å². The topological polar surface area (TPSA) is 40.6 Å². The molecule has 1 aliphatic heterocycles. The maximum atomic E-state index is 12.0. The van der Waals surface area contributed by atoms with Crippen LogP contribution in [0.3, 0.4) is 0 Å². The van der Waals surface area contributed by atoms with Crippen LogP contribution in [0.25, 0.3) is 0 Å². The summed E-state index contributed by atoms with van der Waals surface area (Å²) >= 11 is 0. The lowest BCUT2D eigenvalue weighted by molar-refractivity contribution is -0.133. The van der Waals surface area contributed by atoms with E-state index in [4.69, 9.17) is 0 Å². The van der Waals surface area contributed by atoms with Crippen molar-refractivity contribution in [2.45, 2.75) is 44.6 Å². The second kappa shape index (κ2) is 5.07. The lowest BCUT2D eigenvalue weighted by Crippen LogP contribution is -2.39. The summed E-state index contributed by atoms with van der Waals surface area (Å²) < 4.78 is 0. The first-order valence-electron chi connectivity index (χ1n) is 6.60. The molecule has 2 rings (SSSR count). The van der Waals surface area contributed by atoms with Crippen LogP contribution in [0.5, 0.6) is 0 Å². The summed E-state index contributed by atoms with van der Waals surface area (Å²) in [4.78, 5) is 27.4. The van der Waals surface area contributed by atoms with Crippen molar-refractivity contribution in [2.24, 2.45) is 5.92 Å². The van der Waals surface area contributed by atoms with Crippen LogP contribution in [0.2, 0.25) is 0 Å². The maximum Gasteiger partial charge on any atom is 0.227 e. The van der Waals surface area contributed by atoms with E-state index in [1.54, 1.807) is 19.0 Å². The molecule has 96 valence electrons. The van der Waals surface area contributed by atoms with Gasteiger partial charge in [0.15, 0.2) is 0 Å². The van der Waals surface area contributed by atoms with Crippen LogP contribution in [-0.2, 0) is 9.59 Å². The van der Waals surface area contributed by atoms with E-state index in [0.29, 0.717) is 19.0 Å². The van der Waals surface area contributed by atoms with Crippen molar-refractivity contribution in [2.75, 3.05) is 20.6 Å². The summed E-state index contributed by atoms with van der Waals surface area (Å²) in [5.74, 6) is 0.160. The first kappa shape index (κ1) is 12.4. The predicted molar refractivity (Wildman–Crippen MR) is 65.4 cm³/mol. The molecule has 0 aromatic rings. The molecule has 0 aromatic carbocycles. The number of likely N-dealkylation sites (tertiary alicyclic amines) is 1. The number of nitrogens with zero attached hydrogens (tertiary/aromatic N) is 2. The third-order valence-electron chi connectivity index (χ3n) is 3.96. The lowest BCUT2D eigenvalue weighted by Gasteiger charge is -2.31. The van der Waals surface area contributed by atoms with Gasteiger partial charge in [-0.1, -0.05) is 19.3 Å². The third kappa shape index (κ3) is 2.61. The minimum atomic E-state index is -0.112. The van der Waals surface area contributed by atoms with Crippen molar-refractivity contribution in [3.05, 3.63) is 0 Å². The van der Waals surface area contributed by atoms with E-state index < -0.39 is 0 Å². The average molecular weight is 238 g/mol. The molecule has 2 aliphatic rings. The molecule has 1 heterocycles. The smallest absolute Gasteiger partial charge is 0.227 e. The molecule has 17 heavy (non-hydrogen) atoms. The third-order valence-corrected chi connectivity index (χ3v) is 3.96. The zero-order valence-electron chi connectivity index (χ0n) is 10.8. The number of hydrogen-bond acceptors (Lipinski definition) is 2. The highest BCUT2D eigenvalue weighted by atomic mass is 16.2. The molecule has 4 heteroatoms. The van der Waals surface area contributed by atoms with Crippen LogP contribution in [0.1, 0.15) is 38.5 Å². The molecule has 1 saturated heterocycles. The minimum Gasteiger partial charge on any atom is -0.349 e. The first-order valence-corrected chi connectivity index (χ1v) is 6.60. The first-order chi connectivity index (χ1) is 8.09. The van der Waals surface area contributed by atoms with Crippen LogP contribution in [0.4, 0.5) is 0 Å². The Hall–Kier alpha value is -1.06. The fraction of sp³-hybridized carbons (Fsp3) is 0.846. The van der Waals surface area contributed by atoms with E-state index in [1.165, 1.54) is 19.3 Å². The van der Waals surface area contributed by atoms with Crippen LogP contribution >= 0.6 is 0 Å². The minimum absolute atomic E-state index is 0.0941. The van der Waals surface area contributed by atoms with Gasteiger partial charge in [-0.3, -0.25) is 9.59 Å². The zero-order valence-corrected chi connectivity index (χ0v) is 10.8. The fourth-order valence-electron chi connectivity index (χ4n) is 3.01. The predicted octanol–water partition coefficient (Wildman–Crippen LogP) is 1.26. The lowest BCUT2D eigenvalue weighted by atomic mass is 9.94. The van der Waals surface area contributed by atoms with Gasteiger partial charge in [0.05, 0.1) is 5.92 Å². The molecule has 1 aliphatic carbocycles. The van der Waals surface area contributed by atoms with Crippen molar-refractivity contribution >= 4 is 11.8 Å². The van der Waals surface area contributed by atoms with Crippen LogP contribution in [-0.4, -0.2) is 48.3 Å². The molecule has 0 bridgehead atoms. The van der Waals surface area contributed by atoms with Crippen LogP contribution < -0.4 is 0 Å². The maximum absolute atomic E-state index is 12.0. The number of carbonyl (C=O) groups excluding carboxylic acids is 2.